The van der Waals surface area contributed by atoms with Gasteiger partial charge >= 0.3 is 5.69 Å². The number of carbonyl (C=O) groups excluding carboxylic acids is 1. The molecule has 0 saturated carbocycles. The molecule has 10 heteroatoms. The van der Waals surface area contributed by atoms with E-state index in [4.69, 9.17) is 4.74 Å². The number of ether oxygens (including phenoxy) is 1. The smallest absolute Gasteiger partial charge is 0.323 e. The van der Waals surface area contributed by atoms with Crippen LogP contribution in [0.15, 0.2) is 52.4 Å². The number of imidazole rings is 1. The fourth-order valence-electron chi connectivity index (χ4n) is 3.15. The Morgan fingerprint density at radius 2 is 1.97 bits per heavy atom. The second kappa shape index (κ2) is 8.46. The van der Waals surface area contributed by atoms with E-state index in [0.717, 1.165) is 5.56 Å². The maximum Gasteiger partial charge on any atom is 0.323 e. The molecule has 1 amide bonds. The third kappa shape index (κ3) is 3.94. The van der Waals surface area contributed by atoms with Gasteiger partial charge in [-0.25, -0.2) is 4.79 Å². The van der Waals surface area contributed by atoms with Gasteiger partial charge in [0.05, 0.1) is 29.5 Å². The number of amides is 1. The number of hydrogen-bond donors (Lipinski definition) is 3. The SMILES string of the molecule is CCn1c(SCC(=O)Nc2ccc3[nH]c(=O)[nH]c3c2)nnc1-c1ccccc1OC. The molecule has 30 heavy (non-hydrogen) atoms. The minimum absolute atomic E-state index is 0.172. The standard InChI is InChI=1S/C20H20N6O3S/c1-3-26-18(13-6-4-5-7-16(13)29-2)24-25-20(26)30-11-17(27)21-12-8-9-14-15(10-12)23-19(28)22-14/h4-10H,3,11H2,1-2H3,(H,21,27)(H2,22,23,28). The Morgan fingerprint density at radius 1 is 1.17 bits per heavy atom. The summed E-state index contributed by atoms with van der Waals surface area (Å²) in [6.07, 6.45) is 0. The second-order valence-electron chi connectivity index (χ2n) is 6.43. The summed E-state index contributed by atoms with van der Waals surface area (Å²) in [6, 6.07) is 12.8. The molecule has 2 aromatic carbocycles. The fourth-order valence-corrected chi connectivity index (χ4v) is 3.95. The van der Waals surface area contributed by atoms with Crippen molar-refractivity contribution in [1.29, 1.82) is 0 Å². The van der Waals surface area contributed by atoms with E-state index in [2.05, 4.69) is 25.5 Å². The first-order valence-electron chi connectivity index (χ1n) is 9.30. The number of para-hydroxylation sites is 1. The molecule has 4 aromatic rings. The van der Waals surface area contributed by atoms with Gasteiger partial charge in [-0.3, -0.25) is 4.79 Å². The Balaban J connectivity index is 1.47. The van der Waals surface area contributed by atoms with Crippen molar-refractivity contribution in [2.45, 2.75) is 18.6 Å². The Hall–Kier alpha value is -3.53. The number of anilines is 1. The summed E-state index contributed by atoms with van der Waals surface area (Å²) < 4.78 is 7.38. The highest BCUT2D eigenvalue weighted by Gasteiger charge is 2.17. The fraction of sp³-hybridized carbons (Fsp3) is 0.200. The summed E-state index contributed by atoms with van der Waals surface area (Å²) in [5.74, 6) is 1.40. The summed E-state index contributed by atoms with van der Waals surface area (Å²) in [4.78, 5) is 29.1. The van der Waals surface area contributed by atoms with Crippen LogP contribution in [0, 0.1) is 0 Å². The van der Waals surface area contributed by atoms with E-state index in [1.54, 1.807) is 25.3 Å². The first-order chi connectivity index (χ1) is 14.6. The van der Waals surface area contributed by atoms with Crippen LogP contribution >= 0.6 is 11.8 Å². The molecule has 0 aliphatic carbocycles. The number of nitrogens with zero attached hydrogens (tertiary/aromatic N) is 3. The number of aromatic amines is 2. The van der Waals surface area contributed by atoms with Gasteiger partial charge in [0.25, 0.3) is 0 Å². The van der Waals surface area contributed by atoms with Crippen LogP contribution in [0.5, 0.6) is 5.75 Å². The number of H-pyrrole nitrogens is 2. The van der Waals surface area contributed by atoms with Gasteiger partial charge < -0.3 is 24.6 Å². The molecule has 154 valence electrons. The highest BCUT2D eigenvalue weighted by atomic mass is 32.2. The number of aromatic nitrogens is 5. The molecule has 0 fully saturated rings. The minimum Gasteiger partial charge on any atom is -0.496 e. The molecular weight excluding hydrogens is 404 g/mol. The number of carbonyl (C=O) groups is 1. The van der Waals surface area contributed by atoms with Gasteiger partial charge in [-0.15, -0.1) is 10.2 Å². The van der Waals surface area contributed by atoms with Gasteiger partial charge in [0, 0.05) is 12.2 Å². The quantitative estimate of drug-likeness (QED) is 0.393. The topological polar surface area (TPSA) is 118 Å². The van der Waals surface area contributed by atoms with Crippen molar-refractivity contribution in [2.75, 3.05) is 18.2 Å². The Morgan fingerprint density at radius 3 is 2.77 bits per heavy atom. The van der Waals surface area contributed by atoms with Gasteiger partial charge in [0.2, 0.25) is 5.91 Å². The van der Waals surface area contributed by atoms with Crippen LogP contribution in [0.1, 0.15) is 6.92 Å². The first-order valence-corrected chi connectivity index (χ1v) is 10.3. The molecule has 0 unspecified atom stereocenters. The van der Waals surface area contributed by atoms with Crippen molar-refractivity contribution in [3.05, 3.63) is 52.9 Å². The highest BCUT2D eigenvalue weighted by Crippen LogP contribution is 2.30. The maximum atomic E-state index is 12.4. The van der Waals surface area contributed by atoms with Crippen molar-refractivity contribution >= 4 is 34.4 Å². The molecule has 4 rings (SSSR count). The Bertz CT molecular complexity index is 1260. The number of rotatable bonds is 7. The molecule has 0 saturated heterocycles. The van der Waals surface area contributed by atoms with Gasteiger partial charge in [0.15, 0.2) is 11.0 Å². The average molecular weight is 424 g/mol. The van der Waals surface area contributed by atoms with E-state index < -0.39 is 0 Å². The van der Waals surface area contributed by atoms with Crippen LogP contribution in [0.25, 0.3) is 22.4 Å². The van der Waals surface area contributed by atoms with Crippen molar-refractivity contribution in [1.82, 2.24) is 24.7 Å². The molecule has 9 nitrogen and oxygen atoms in total. The Labute approximate surface area is 175 Å². The number of fused-ring (bicyclic) bond motifs is 1. The summed E-state index contributed by atoms with van der Waals surface area (Å²) >= 11 is 1.31. The summed E-state index contributed by atoms with van der Waals surface area (Å²) in [7, 11) is 1.62. The number of hydrogen-bond acceptors (Lipinski definition) is 6. The molecule has 0 radical (unpaired) electrons. The molecule has 0 spiro atoms. The number of thioether (sulfide) groups is 1. The van der Waals surface area contributed by atoms with E-state index >= 15 is 0 Å². The van der Waals surface area contributed by atoms with Crippen LogP contribution in [0.4, 0.5) is 5.69 Å². The average Bonchev–Trinajstić information content (AvgIpc) is 3.33. The van der Waals surface area contributed by atoms with E-state index in [9.17, 15) is 9.59 Å². The van der Waals surface area contributed by atoms with E-state index in [0.29, 0.717) is 40.0 Å². The second-order valence-corrected chi connectivity index (χ2v) is 7.37. The van der Waals surface area contributed by atoms with Crippen molar-refractivity contribution in [3.63, 3.8) is 0 Å². The predicted octanol–water partition coefficient (Wildman–Crippen LogP) is 2.87. The van der Waals surface area contributed by atoms with Crippen molar-refractivity contribution in [3.8, 4) is 17.1 Å². The zero-order valence-corrected chi connectivity index (χ0v) is 17.2. The molecular formula is C20H20N6O3S. The van der Waals surface area contributed by atoms with Gasteiger partial charge in [-0.2, -0.15) is 0 Å². The lowest BCUT2D eigenvalue weighted by molar-refractivity contribution is -0.113. The van der Waals surface area contributed by atoms with E-state index in [1.807, 2.05) is 35.8 Å². The summed E-state index contributed by atoms with van der Waals surface area (Å²) in [6.45, 7) is 2.65. The molecule has 2 aromatic heterocycles. The summed E-state index contributed by atoms with van der Waals surface area (Å²) in [5, 5.41) is 12.1. The lowest BCUT2D eigenvalue weighted by Crippen LogP contribution is -2.14. The summed E-state index contributed by atoms with van der Waals surface area (Å²) in [5.41, 5.74) is 2.49. The highest BCUT2D eigenvalue weighted by molar-refractivity contribution is 7.99. The van der Waals surface area contributed by atoms with Crippen LogP contribution in [-0.2, 0) is 11.3 Å². The van der Waals surface area contributed by atoms with Crippen molar-refractivity contribution in [2.24, 2.45) is 0 Å². The van der Waals surface area contributed by atoms with Crippen LogP contribution in [-0.4, -0.2) is 43.5 Å². The van der Waals surface area contributed by atoms with Crippen LogP contribution < -0.4 is 15.7 Å². The zero-order valence-electron chi connectivity index (χ0n) is 16.4. The third-order valence-corrected chi connectivity index (χ3v) is 5.48. The number of benzene rings is 2. The maximum absolute atomic E-state index is 12.4. The first kappa shape index (κ1) is 19.8. The minimum atomic E-state index is -0.284. The molecule has 0 atom stereocenters. The predicted molar refractivity (Wildman–Crippen MR) is 116 cm³/mol. The van der Waals surface area contributed by atoms with Gasteiger partial charge in [0.1, 0.15) is 5.75 Å². The van der Waals surface area contributed by atoms with E-state index in [1.165, 1.54) is 11.8 Å². The third-order valence-electron chi connectivity index (χ3n) is 4.51. The largest absolute Gasteiger partial charge is 0.496 e. The Kier molecular flexibility index (Phi) is 5.57. The monoisotopic (exact) mass is 424 g/mol. The molecule has 3 N–H and O–H groups in total. The van der Waals surface area contributed by atoms with E-state index in [-0.39, 0.29) is 17.3 Å². The lowest BCUT2D eigenvalue weighted by Gasteiger charge is -2.10. The normalized spacial score (nSPS) is 11.0. The van der Waals surface area contributed by atoms with Crippen LogP contribution in [0.3, 0.4) is 0 Å². The zero-order chi connectivity index (χ0) is 21.1. The number of methoxy groups -OCH3 is 1. The van der Waals surface area contributed by atoms with Gasteiger partial charge in [-0.1, -0.05) is 23.9 Å². The van der Waals surface area contributed by atoms with Crippen LogP contribution in [0.2, 0.25) is 0 Å². The lowest BCUT2D eigenvalue weighted by atomic mass is 10.2. The van der Waals surface area contributed by atoms with Gasteiger partial charge in [-0.05, 0) is 37.3 Å². The molecule has 0 bridgehead atoms. The number of nitrogens with one attached hydrogen (secondary N) is 3. The molecule has 0 aliphatic heterocycles. The molecule has 2 heterocycles. The van der Waals surface area contributed by atoms with Crippen molar-refractivity contribution < 1.29 is 9.53 Å². The molecule has 0 aliphatic rings.